The molecule has 4 aromatic rings. The highest BCUT2D eigenvalue weighted by Crippen LogP contribution is 2.25. The van der Waals surface area contributed by atoms with E-state index in [1.165, 1.54) is 6.92 Å². The average molecular weight is 548 g/mol. The van der Waals surface area contributed by atoms with Gasteiger partial charge in [0.1, 0.15) is 0 Å². The van der Waals surface area contributed by atoms with Crippen LogP contribution >= 0.6 is 0 Å². The van der Waals surface area contributed by atoms with Crippen molar-refractivity contribution in [1.82, 2.24) is 36.2 Å². The molecule has 2 aromatic carbocycles. The number of para-hydroxylation sites is 1. The molecule has 0 radical (unpaired) electrons. The van der Waals surface area contributed by atoms with E-state index in [0.29, 0.717) is 0 Å². The zero-order valence-electron chi connectivity index (χ0n) is 21.6. The maximum Gasteiger partial charge on any atom is 0.405 e. The second-order valence-electron chi connectivity index (χ2n) is 9.21. The Bertz CT molecular complexity index is 1470. The van der Waals surface area contributed by atoms with Crippen molar-refractivity contribution in [2.24, 2.45) is 5.73 Å². The third kappa shape index (κ3) is 7.18. The molecule has 0 aliphatic carbocycles. The molecule has 2 heterocycles. The van der Waals surface area contributed by atoms with E-state index >= 15 is 0 Å². The first-order chi connectivity index (χ1) is 19.2. The standard InChI is InChI=1S/C26H29N9O5/c1-26(40-24(27)39,13-17-14-28-19-10-6-5-9-18(17)19)23(38)29-15-20(16-7-3-2-4-8-16)30-21(36)11-12-22(37)31-25-32-34-35-33-25/h2-10,14,20,28H,11-13,15H2,1H3,(H2,27,39)(H,29,38)(H,30,36)(H2,31,32,33,34,35,37). The first-order valence-electron chi connectivity index (χ1n) is 12.4. The number of fused-ring (bicyclic) bond motifs is 1. The summed E-state index contributed by atoms with van der Waals surface area (Å²) in [6, 6.07) is 15.9. The number of ether oxygens (including phenoxy) is 1. The Morgan fingerprint density at radius 1 is 1.02 bits per heavy atom. The lowest BCUT2D eigenvalue weighted by Gasteiger charge is -2.29. The summed E-state index contributed by atoms with van der Waals surface area (Å²) in [5.74, 6) is -1.46. The van der Waals surface area contributed by atoms with Crippen molar-refractivity contribution >= 4 is 40.7 Å². The second-order valence-corrected chi connectivity index (χ2v) is 9.21. The van der Waals surface area contributed by atoms with E-state index in [1.807, 2.05) is 30.3 Å². The molecule has 0 spiro atoms. The van der Waals surface area contributed by atoms with E-state index in [-0.39, 0.29) is 31.8 Å². The zero-order valence-corrected chi connectivity index (χ0v) is 21.6. The van der Waals surface area contributed by atoms with Crippen LogP contribution in [0.2, 0.25) is 0 Å². The monoisotopic (exact) mass is 547 g/mol. The van der Waals surface area contributed by atoms with E-state index in [9.17, 15) is 19.2 Å². The number of nitrogens with two attached hydrogens (primary N) is 1. The maximum atomic E-state index is 13.4. The number of aromatic amines is 2. The summed E-state index contributed by atoms with van der Waals surface area (Å²) in [7, 11) is 0. The minimum atomic E-state index is -1.63. The Labute approximate surface area is 228 Å². The topological polar surface area (TPSA) is 210 Å². The van der Waals surface area contributed by atoms with Crippen LogP contribution in [-0.4, -0.2) is 61.6 Å². The van der Waals surface area contributed by atoms with Gasteiger partial charge in [0, 0.05) is 42.9 Å². The van der Waals surface area contributed by atoms with Gasteiger partial charge in [0.25, 0.3) is 11.9 Å². The number of nitrogens with one attached hydrogen (secondary N) is 5. The van der Waals surface area contributed by atoms with E-state index < -0.39 is 35.5 Å². The van der Waals surface area contributed by atoms with E-state index in [1.54, 1.807) is 30.5 Å². The number of carbonyl (C=O) groups is 4. The highest BCUT2D eigenvalue weighted by Gasteiger charge is 2.38. The van der Waals surface area contributed by atoms with Gasteiger partial charge in [0.2, 0.25) is 11.8 Å². The molecule has 14 nitrogen and oxygen atoms in total. The predicted octanol–water partition coefficient (Wildman–Crippen LogP) is 1.47. The van der Waals surface area contributed by atoms with E-state index in [2.05, 4.69) is 41.6 Å². The maximum absolute atomic E-state index is 13.4. The van der Waals surface area contributed by atoms with Crippen LogP contribution in [0.1, 0.15) is 36.9 Å². The molecule has 0 fully saturated rings. The summed E-state index contributed by atoms with van der Waals surface area (Å²) in [4.78, 5) is 53.1. The molecular formula is C26H29N9O5. The van der Waals surface area contributed by atoms with Crippen LogP contribution in [0.4, 0.5) is 10.7 Å². The van der Waals surface area contributed by atoms with Crippen molar-refractivity contribution < 1.29 is 23.9 Å². The lowest BCUT2D eigenvalue weighted by Crippen LogP contribution is -2.52. The quantitative estimate of drug-likeness (QED) is 0.152. The molecule has 0 saturated carbocycles. The summed E-state index contributed by atoms with van der Waals surface area (Å²) in [6.07, 6.45) is 0.476. The minimum Gasteiger partial charge on any atom is -0.433 e. The SMILES string of the molecule is CC(Cc1c[nH]c2ccccc12)(OC(N)=O)C(=O)NCC(NC(=O)CCC(=O)Nc1nn[nH]n1)c1ccccc1. The largest absolute Gasteiger partial charge is 0.433 e. The second kappa shape index (κ2) is 12.5. The van der Waals surface area contributed by atoms with Crippen LogP contribution in [0, 0.1) is 0 Å². The molecule has 208 valence electrons. The number of primary amides is 1. The number of benzene rings is 2. The highest BCUT2D eigenvalue weighted by molar-refractivity contribution is 5.92. The number of rotatable bonds is 12. The molecule has 14 heteroatoms. The summed E-state index contributed by atoms with van der Waals surface area (Å²) in [5, 5.41) is 21.7. The zero-order chi connectivity index (χ0) is 28.5. The fraction of sp³-hybridized carbons (Fsp3) is 0.269. The van der Waals surface area contributed by atoms with Gasteiger partial charge in [-0.25, -0.2) is 4.79 Å². The smallest absolute Gasteiger partial charge is 0.405 e. The Kier molecular flexibility index (Phi) is 8.69. The molecule has 0 aliphatic heterocycles. The van der Waals surface area contributed by atoms with Gasteiger partial charge in [-0.2, -0.15) is 5.21 Å². The van der Waals surface area contributed by atoms with Crippen molar-refractivity contribution in [3.8, 4) is 0 Å². The Balaban J connectivity index is 1.42. The van der Waals surface area contributed by atoms with Crippen LogP contribution in [0.25, 0.3) is 10.9 Å². The number of nitrogens with zero attached hydrogens (tertiary/aromatic N) is 3. The van der Waals surface area contributed by atoms with Crippen molar-refractivity contribution in [3.05, 3.63) is 71.9 Å². The minimum absolute atomic E-state index is 0.00384. The van der Waals surface area contributed by atoms with Gasteiger partial charge in [0.05, 0.1) is 6.04 Å². The summed E-state index contributed by atoms with van der Waals surface area (Å²) in [6.45, 7) is 1.46. The molecule has 40 heavy (non-hydrogen) atoms. The number of hydrogen-bond acceptors (Lipinski definition) is 8. The molecule has 0 saturated heterocycles. The van der Waals surface area contributed by atoms with E-state index in [4.69, 9.17) is 10.5 Å². The first-order valence-corrected chi connectivity index (χ1v) is 12.4. The van der Waals surface area contributed by atoms with Crippen LogP contribution < -0.4 is 21.7 Å². The van der Waals surface area contributed by atoms with Crippen LogP contribution in [0.3, 0.4) is 0 Å². The Hall–Kier alpha value is -5.27. The number of carbonyl (C=O) groups excluding carboxylic acids is 4. The number of H-pyrrole nitrogens is 2. The number of hydrogen-bond donors (Lipinski definition) is 6. The normalized spacial score (nSPS) is 13.1. The average Bonchev–Trinajstić information content (AvgIpc) is 3.60. The fourth-order valence-electron chi connectivity index (χ4n) is 4.24. The van der Waals surface area contributed by atoms with Crippen molar-refractivity contribution in [1.29, 1.82) is 0 Å². The van der Waals surface area contributed by atoms with Gasteiger partial charge in [-0.15, -0.1) is 5.10 Å². The van der Waals surface area contributed by atoms with Gasteiger partial charge in [-0.1, -0.05) is 53.6 Å². The van der Waals surface area contributed by atoms with Crippen molar-refractivity contribution in [3.63, 3.8) is 0 Å². The van der Waals surface area contributed by atoms with Gasteiger partial charge < -0.3 is 26.1 Å². The molecule has 4 rings (SSSR count). The molecule has 0 aliphatic rings. The molecule has 7 N–H and O–H groups in total. The first kappa shape index (κ1) is 27.8. The molecule has 4 amide bonds. The number of aromatic nitrogens is 5. The molecular weight excluding hydrogens is 518 g/mol. The molecule has 2 atom stereocenters. The lowest BCUT2D eigenvalue weighted by molar-refractivity contribution is -0.138. The molecule has 2 unspecified atom stereocenters. The molecule has 2 aromatic heterocycles. The fourth-order valence-corrected chi connectivity index (χ4v) is 4.24. The third-order valence-corrected chi connectivity index (χ3v) is 6.19. The lowest BCUT2D eigenvalue weighted by atomic mass is 9.94. The van der Waals surface area contributed by atoms with Gasteiger partial charge in [-0.3, -0.25) is 19.7 Å². The van der Waals surface area contributed by atoms with Crippen LogP contribution in [-0.2, 0) is 25.5 Å². The van der Waals surface area contributed by atoms with Crippen LogP contribution in [0.5, 0.6) is 0 Å². The number of anilines is 1. The molecule has 0 bridgehead atoms. The highest BCUT2D eigenvalue weighted by atomic mass is 16.6. The Morgan fingerprint density at radius 2 is 1.75 bits per heavy atom. The van der Waals surface area contributed by atoms with Crippen molar-refractivity contribution in [2.45, 2.75) is 37.8 Å². The van der Waals surface area contributed by atoms with Gasteiger partial charge >= 0.3 is 6.09 Å². The van der Waals surface area contributed by atoms with Gasteiger partial charge in [0.15, 0.2) is 5.60 Å². The Morgan fingerprint density at radius 3 is 2.48 bits per heavy atom. The van der Waals surface area contributed by atoms with E-state index in [0.717, 1.165) is 22.0 Å². The summed E-state index contributed by atoms with van der Waals surface area (Å²) >= 11 is 0. The number of tetrazole rings is 1. The summed E-state index contributed by atoms with van der Waals surface area (Å²) < 4.78 is 5.31. The van der Waals surface area contributed by atoms with Crippen molar-refractivity contribution in [2.75, 3.05) is 11.9 Å². The van der Waals surface area contributed by atoms with Crippen LogP contribution in [0.15, 0.2) is 60.8 Å². The van der Waals surface area contributed by atoms with Gasteiger partial charge in [-0.05, 0) is 29.3 Å². The summed E-state index contributed by atoms with van der Waals surface area (Å²) in [5.41, 5.74) is 6.05. The number of amides is 4. The predicted molar refractivity (Wildman–Crippen MR) is 143 cm³/mol. The third-order valence-electron chi connectivity index (χ3n) is 6.19.